The number of hydrogen-bond acceptors (Lipinski definition) is 9. The number of carbonyl (C=O) groups is 1. The molecular weight excluding hydrogens is 575 g/mol. The molecule has 14 heteroatoms. The second kappa shape index (κ2) is 12.7. The molecule has 1 aliphatic heterocycles. The average molecular weight is 606 g/mol. The summed E-state index contributed by atoms with van der Waals surface area (Å²) in [4.78, 5) is 17.4. The van der Waals surface area contributed by atoms with E-state index in [1.807, 2.05) is 12.1 Å². The lowest BCUT2D eigenvalue weighted by molar-refractivity contribution is -0.298. The molecule has 1 aromatic heterocycles. The number of anilines is 1. The second-order valence-electron chi connectivity index (χ2n) is 9.66. The van der Waals surface area contributed by atoms with E-state index in [0.29, 0.717) is 16.9 Å². The Labute approximate surface area is 244 Å². The summed E-state index contributed by atoms with van der Waals surface area (Å²) in [6, 6.07) is 14.5. The molecule has 0 saturated carbocycles. The van der Waals surface area contributed by atoms with Gasteiger partial charge in [0.05, 0.1) is 17.6 Å². The number of ether oxygens (including phenoxy) is 7. The monoisotopic (exact) mass is 605 g/mol. The van der Waals surface area contributed by atoms with Crippen LogP contribution in [0.5, 0.6) is 5.75 Å². The van der Waals surface area contributed by atoms with Crippen LogP contribution in [0.3, 0.4) is 0 Å². The Balaban J connectivity index is 1.32. The Bertz CT molecular complexity index is 1560. The van der Waals surface area contributed by atoms with Crippen LogP contribution < -0.4 is 10.1 Å². The topological polar surface area (TPSA) is 112 Å². The van der Waals surface area contributed by atoms with E-state index in [1.165, 1.54) is 52.7 Å². The molecule has 4 aromatic rings. The first-order valence-electron chi connectivity index (χ1n) is 13.1. The van der Waals surface area contributed by atoms with Crippen molar-refractivity contribution in [1.82, 2.24) is 9.55 Å². The van der Waals surface area contributed by atoms with Gasteiger partial charge in [-0.25, -0.2) is 9.78 Å². The quantitative estimate of drug-likeness (QED) is 0.280. The Morgan fingerprint density at radius 3 is 2.33 bits per heavy atom. The minimum atomic E-state index is -4.77. The van der Waals surface area contributed by atoms with Crippen molar-refractivity contribution in [1.29, 1.82) is 0 Å². The highest BCUT2D eigenvalue weighted by atomic mass is 19.4. The van der Waals surface area contributed by atoms with Gasteiger partial charge in [-0.1, -0.05) is 12.1 Å². The summed E-state index contributed by atoms with van der Waals surface area (Å²) in [6.07, 6.45) is -7.48. The van der Waals surface area contributed by atoms with Crippen molar-refractivity contribution in [2.75, 3.05) is 40.4 Å². The van der Waals surface area contributed by atoms with E-state index < -0.39 is 43.2 Å². The maximum atomic E-state index is 12.9. The minimum Gasteiger partial charge on any atom is -0.416 e. The third-order valence-corrected chi connectivity index (χ3v) is 7.09. The van der Waals surface area contributed by atoms with Crippen LogP contribution >= 0.6 is 0 Å². The highest BCUT2D eigenvalue weighted by Crippen LogP contribution is 2.31. The number of imidazole rings is 1. The number of fused-ring (bicyclic) bond motifs is 3. The van der Waals surface area contributed by atoms with Crippen LogP contribution in [0.15, 0.2) is 60.9 Å². The first kappa shape index (κ1) is 30.5. The molecule has 5 atom stereocenters. The van der Waals surface area contributed by atoms with Gasteiger partial charge in [0.15, 0.2) is 0 Å². The number of nitrogens with zero attached hydrogens (tertiary/aromatic N) is 2. The molecule has 0 radical (unpaired) electrons. The predicted octanol–water partition coefficient (Wildman–Crippen LogP) is 5.04. The summed E-state index contributed by atoms with van der Waals surface area (Å²) < 4.78 is 76.7. The van der Waals surface area contributed by atoms with Crippen LogP contribution in [0.25, 0.3) is 27.5 Å². The van der Waals surface area contributed by atoms with Crippen LogP contribution in [0, 0.1) is 0 Å². The van der Waals surface area contributed by atoms with Crippen LogP contribution in [-0.2, 0) is 28.4 Å². The molecule has 3 aromatic carbocycles. The van der Waals surface area contributed by atoms with E-state index in [0.717, 1.165) is 16.3 Å². The van der Waals surface area contributed by atoms with E-state index in [-0.39, 0.29) is 12.4 Å². The molecule has 0 bridgehead atoms. The number of halogens is 3. The van der Waals surface area contributed by atoms with Gasteiger partial charge in [0.2, 0.25) is 6.29 Å². The fourth-order valence-corrected chi connectivity index (χ4v) is 5.23. The number of hydrogen-bond donors (Lipinski definition) is 1. The molecule has 0 spiro atoms. The van der Waals surface area contributed by atoms with Crippen molar-refractivity contribution in [3.05, 3.63) is 60.9 Å². The highest BCUT2D eigenvalue weighted by molar-refractivity contribution is 6.06. The lowest BCUT2D eigenvalue weighted by Gasteiger charge is -2.43. The molecular formula is C29H30F3N3O8. The Hall–Kier alpha value is -3.95. The molecule has 1 N–H and O–H groups in total. The predicted molar refractivity (Wildman–Crippen MR) is 148 cm³/mol. The van der Waals surface area contributed by atoms with Gasteiger partial charge >= 0.3 is 12.5 Å². The van der Waals surface area contributed by atoms with Crippen molar-refractivity contribution in [2.24, 2.45) is 0 Å². The zero-order valence-electron chi connectivity index (χ0n) is 23.7. The second-order valence-corrected chi connectivity index (χ2v) is 9.66. The fourth-order valence-electron chi connectivity index (χ4n) is 5.23. The van der Waals surface area contributed by atoms with Crippen LogP contribution in [-0.4, -0.2) is 87.8 Å². The van der Waals surface area contributed by atoms with Crippen molar-refractivity contribution in [3.63, 3.8) is 0 Å². The molecule has 2 heterocycles. The molecule has 1 saturated heterocycles. The maximum Gasteiger partial charge on any atom is 0.573 e. The first-order valence-corrected chi connectivity index (χ1v) is 13.1. The number of carbonyl (C=O) groups excluding carboxylic acids is 1. The molecule has 5 rings (SSSR count). The van der Waals surface area contributed by atoms with E-state index >= 15 is 0 Å². The van der Waals surface area contributed by atoms with Gasteiger partial charge in [-0.15, -0.1) is 13.2 Å². The maximum absolute atomic E-state index is 12.9. The smallest absolute Gasteiger partial charge is 0.416 e. The molecule has 11 nitrogen and oxygen atoms in total. The lowest BCUT2D eigenvalue weighted by atomic mass is 9.98. The molecule has 1 amide bonds. The van der Waals surface area contributed by atoms with Gasteiger partial charge in [-0.2, -0.15) is 0 Å². The van der Waals surface area contributed by atoms with Crippen molar-refractivity contribution < 1.29 is 51.1 Å². The van der Waals surface area contributed by atoms with Gasteiger partial charge in [0.1, 0.15) is 36.5 Å². The summed E-state index contributed by atoms with van der Waals surface area (Å²) >= 11 is 0. The van der Waals surface area contributed by atoms with Crippen molar-refractivity contribution >= 4 is 33.6 Å². The lowest BCUT2D eigenvalue weighted by Crippen LogP contribution is -2.61. The van der Waals surface area contributed by atoms with Gasteiger partial charge in [0.25, 0.3) is 0 Å². The van der Waals surface area contributed by atoms with Crippen LogP contribution in [0.4, 0.5) is 23.7 Å². The number of amides is 1. The normalized spacial score (nSPS) is 22.5. The van der Waals surface area contributed by atoms with Crippen LogP contribution in [0.1, 0.15) is 0 Å². The average Bonchev–Trinajstić information content (AvgIpc) is 3.41. The number of benzene rings is 3. The van der Waals surface area contributed by atoms with E-state index in [4.69, 9.17) is 28.4 Å². The standard InChI is InChI=1S/C29H30F3N3O8/c1-37-14-22-24(38-2)25(39-3)26(40-4)27(41-22)42-28(36)34-17-6-11-20-16(13-17)5-12-21-23(20)33-15-35(21)18-7-9-19(10-8-18)43-29(30,31)32/h5-13,15,22,24-27H,14H2,1-4H3,(H,34,36)/t22-,24-,25+,26-,27+/m0/s1. The third kappa shape index (κ3) is 6.53. The van der Waals surface area contributed by atoms with E-state index in [2.05, 4.69) is 15.0 Å². The van der Waals surface area contributed by atoms with E-state index in [9.17, 15) is 18.0 Å². The summed E-state index contributed by atoms with van der Waals surface area (Å²) in [5.41, 5.74) is 2.48. The molecule has 43 heavy (non-hydrogen) atoms. The molecule has 1 fully saturated rings. The number of alkyl halides is 3. The molecule has 0 aliphatic carbocycles. The number of rotatable bonds is 9. The summed E-state index contributed by atoms with van der Waals surface area (Å²) in [7, 11) is 6.01. The van der Waals surface area contributed by atoms with Gasteiger partial charge < -0.3 is 33.2 Å². The zero-order valence-corrected chi connectivity index (χ0v) is 23.7. The highest BCUT2D eigenvalue weighted by Gasteiger charge is 2.48. The van der Waals surface area contributed by atoms with Crippen molar-refractivity contribution in [2.45, 2.75) is 37.1 Å². The van der Waals surface area contributed by atoms with E-state index in [1.54, 1.807) is 29.1 Å². The summed E-state index contributed by atoms with van der Waals surface area (Å²) in [6.45, 7) is 0.184. The Morgan fingerprint density at radius 1 is 0.953 bits per heavy atom. The first-order chi connectivity index (χ1) is 20.6. The largest absolute Gasteiger partial charge is 0.573 e. The number of methoxy groups -OCH3 is 4. The summed E-state index contributed by atoms with van der Waals surface area (Å²) in [5.74, 6) is -0.315. The summed E-state index contributed by atoms with van der Waals surface area (Å²) in [5, 5.41) is 4.31. The SMILES string of the molecule is COC[C@@H]1O[C@H](OC(=O)Nc2ccc3c(ccc4c3ncn4-c3ccc(OC(F)(F)F)cc3)c2)[C@@H](OC)[C@H](OC)[C@H]1OC. The zero-order chi connectivity index (χ0) is 30.7. The number of aromatic nitrogens is 2. The molecule has 1 aliphatic rings. The van der Waals surface area contributed by atoms with Crippen molar-refractivity contribution in [3.8, 4) is 11.4 Å². The van der Waals surface area contributed by atoms with Gasteiger partial charge in [-0.05, 0) is 47.9 Å². The van der Waals surface area contributed by atoms with Crippen LogP contribution in [0.2, 0.25) is 0 Å². The fraction of sp³-hybridized carbons (Fsp3) is 0.379. The molecule has 230 valence electrons. The molecule has 0 unspecified atom stereocenters. The third-order valence-electron chi connectivity index (χ3n) is 7.09. The Kier molecular flexibility index (Phi) is 9.03. The minimum absolute atomic E-state index is 0.184. The van der Waals surface area contributed by atoms with Gasteiger partial charge in [0, 0.05) is 45.2 Å². The van der Waals surface area contributed by atoms with Gasteiger partial charge in [-0.3, -0.25) is 9.88 Å². The Morgan fingerprint density at radius 2 is 1.67 bits per heavy atom. The number of nitrogens with one attached hydrogen (secondary N) is 1.